The Hall–Kier alpha value is -1.52. The molecule has 5 nitrogen and oxygen atoms in total. The lowest BCUT2D eigenvalue weighted by molar-refractivity contribution is -0.142. The molecule has 0 amide bonds. The molecule has 0 saturated carbocycles. The normalized spacial score (nSPS) is 20.5. The Balaban J connectivity index is 2.34. The van der Waals surface area contributed by atoms with Gasteiger partial charge in [0.15, 0.2) is 0 Å². The minimum Gasteiger partial charge on any atom is -0.481 e. The van der Waals surface area contributed by atoms with Crippen LogP contribution < -0.4 is 5.73 Å². The Morgan fingerprint density at radius 2 is 2.43 bits per heavy atom. The molecule has 1 aliphatic carbocycles. The van der Waals surface area contributed by atoms with Gasteiger partial charge in [-0.05, 0) is 19.3 Å². The van der Waals surface area contributed by atoms with E-state index in [1.807, 2.05) is 7.05 Å². The highest BCUT2D eigenvalue weighted by atomic mass is 16.4. The van der Waals surface area contributed by atoms with Gasteiger partial charge in [0.1, 0.15) is 5.82 Å². The summed E-state index contributed by atoms with van der Waals surface area (Å²) in [6.45, 7) is 0. The Morgan fingerprint density at radius 3 is 3.07 bits per heavy atom. The zero-order valence-corrected chi connectivity index (χ0v) is 8.03. The second-order valence-electron chi connectivity index (χ2n) is 3.71. The third-order valence-corrected chi connectivity index (χ3v) is 2.84. The molecule has 0 aromatic carbocycles. The van der Waals surface area contributed by atoms with Gasteiger partial charge in [0.25, 0.3) is 0 Å². The van der Waals surface area contributed by atoms with Crippen LogP contribution in [0.25, 0.3) is 0 Å². The number of carbonyl (C=O) groups is 1. The van der Waals surface area contributed by atoms with Gasteiger partial charge >= 0.3 is 5.97 Å². The fourth-order valence-corrected chi connectivity index (χ4v) is 2.03. The molecule has 1 atom stereocenters. The van der Waals surface area contributed by atoms with Crippen LogP contribution in [0.1, 0.15) is 17.7 Å². The Labute approximate surface area is 81.5 Å². The fourth-order valence-electron chi connectivity index (χ4n) is 2.03. The summed E-state index contributed by atoms with van der Waals surface area (Å²) in [6, 6.07) is 0. The molecule has 0 bridgehead atoms. The highest BCUT2D eigenvalue weighted by molar-refractivity contribution is 5.71. The van der Waals surface area contributed by atoms with Crippen molar-refractivity contribution in [3.8, 4) is 0 Å². The molecule has 1 unspecified atom stereocenters. The number of carboxylic acids is 1. The molecule has 1 aromatic heterocycles. The van der Waals surface area contributed by atoms with Crippen LogP contribution in [0.2, 0.25) is 0 Å². The monoisotopic (exact) mass is 195 g/mol. The number of aromatic nitrogens is 2. The first-order chi connectivity index (χ1) is 6.59. The van der Waals surface area contributed by atoms with E-state index >= 15 is 0 Å². The minimum absolute atomic E-state index is 0.297. The van der Waals surface area contributed by atoms with Crippen LogP contribution in [0.3, 0.4) is 0 Å². The lowest BCUT2D eigenvalue weighted by Crippen LogP contribution is -2.22. The topological polar surface area (TPSA) is 81.1 Å². The molecule has 1 aromatic rings. The Kier molecular flexibility index (Phi) is 1.94. The van der Waals surface area contributed by atoms with Gasteiger partial charge in [0, 0.05) is 18.3 Å². The first-order valence-corrected chi connectivity index (χ1v) is 4.62. The average molecular weight is 195 g/mol. The number of hydrogen-bond donors (Lipinski definition) is 2. The van der Waals surface area contributed by atoms with Crippen LogP contribution >= 0.6 is 0 Å². The maximum absolute atomic E-state index is 10.8. The molecule has 0 radical (unpaired) electrons. The van der Waals surface area contributed by atoms with Crippen LogP contribution in [0.4, 0.5) is 5.82 Å². The third kappa shape index (κ3) is 1.25. The molecule has 76 valence electrons. The van der Waals surface area contributed by atoms with Gasteiger partial charge in [0.05, 0.1) is 5.92 Å². The van der Waals surface area contributed by atoms with Crippen molar-refractivity contribution in [1.82, 2.24) is 9.78 Å². The molecular formula is C9H13N3O2. The van der Waals surface area contributed by atoms with Gasteiger partial charge in [-0.25, -0.2) is 0 Å². The maximum Gasteiger partial charge on any atom is 0.306 e. The zero-order valence-electron chi connectivity index (χ0n) is 8.03. The number of anilines is 1. The van der Waals surface area contributed by atoms with Crippen LogP contribution in [-0.2, 0) is 24.7 Å². The number of carboxylic acid groups (broad SMARTS) is 1. The van der Waals surface area contributed by atoms with E-state index in [0.717, 1.165) is 17.7 Å². The lowest BCUT2D eigenvalue weighted by Gasteiger charge is -2.18. The van der Waals surface area contributed by atoms with Crippen molar-refractivity contribution in [2.24, 2.45) is 13.0 Å². The van der Waals surface area contributed by atoms with Crippen molar-refractivity contribution in [3.05, 3.63) is 11.3 Å². The second kappa shape index (κ2) is 3.01. The van der Waals surface area contributed by atoms with Crippen molar-refractivity contribution in [3.63, 3.8) is 0 Å². The van der Waals surface area contributed by atoms with E-state index in [4.69, 9.17) is 10.8 Å². The summed E-state index contributed by atoms with van der Waals surface area (Å²) in [6.07, 6.45) is 1.96. The minimum atomic E-state index is -0.737. The van der Waals surface area contributed by atoms with Crippen molar-refractivity contribution >= 4 is 11.8 Å². The third-order valence-electron chi connectivity index (χ3n) is 2.84. The first-order valence-electron chi connectivity index (χ1n) is 4.62. The molecule has 1 heterocycles. The molecule has 14 heavy (non-hydrogen) atoms. The van der Waals surface area contributed by atoms with E-state index in [1.165, 1.54) is 0 Å². The summed E-state index contributed by atoms with van der Waals surface area (Å²) in [5, 5.41) is 13.0. The zero-order chi connectivity index (χ0) is 10.3. The van der Waals surface area contributed by atoms with Crippen LogP contribution in [0.15, 0.2) is 0 Å². The maximum atomic E-state index is 10.8. The molecule has 0 saturated heterocycles. The van der Waals surface area contributed by atoms with Crippen LogP contribution in [0, 0.1) is 5.92 Å². The van der Waals surface area contributed by atoms with E-state index in [1.54, 1.807) is 4.68 Å². The number of fused-ring (bicyclic) bond motifs is 1. The van der Waals surface area contributed by atoms with Gasteiger partial charge in [-0.3, -0.25) is 9.48 Å². The highest BCUT2D eigenvalue weighted by Crippen LogP contribution is 2.28. The quantitative estimate of drug-likeness (QED) is 0.670. The standard InChI is InChI=1S/C9H13N3O2/c1-12-7-3-2-5(9(13)14)4-6(7)8(10)11-12/h5H,2-4H2,1H3,(H2,10,11)(H,13,14). The van der Waals surface area contributed by atoms with Crippen molar-refractivity contribution < 1.29 is 9.90 Å². The summed E-state index contributed by atoms with van der Waals surface area (Å²) in [5.41, 5.74) is 7.71. The van der Waals surface area contributed by atoms with Crippen LogP contribution in [0.5, 0.6) is 0 Å². The number of nitrogens with zero attached hydrogens (tertiary/aromatic N) is 2. The summed E-state index contributed by atoms with van der Waals surface area (Å²) in [4.78, 5) is 10.8. The summed E-state index contributed by atoms with van der Waals surface area (Å²) < 4.78 is 1.75. The number of hydrogen-bond acceptors (Lipinski definition) is 3. The molecule has 2 rings (SSSR count). The fraction of sp³-hybridized carbons (Fsp3) is 0.556. The van der Waals surface area contributed by atoms with Crippen LogP contribution in [-0.4, -0.2) is 20.9 Å². The number of rotatable bonds is 1. The second-order valence-corrected chi connectivity index (χ2v) is 3.71. The number of nitrogen functional groups attached to an aromatic ring is 1. The van der Waals surface area contributed by atoms with Gasteiger partial charge in [0.2, 0.25) is 0 Å². The molecule has 0 fully saturated rings. The average Bonchev–Trinajstić information content (AvgIpc) is 2.42. The molecule has 0 aliphatic heterocycles. The predicted octanol–water partition coefficient (Wildman–Crippen LogP) is 0.192. The summed E-state index contributed by atoms with van der Waals surface area (Å²) in [7, 11) is 1.84. The van der Waals surface area contributed by atoms with Gasteiger partial charge in [-0.1, -0.05) is 0 Å². The largest absolute Gasteiger partial charge is 0.481 e. The molecule has 5 heteroatoms. The van der Waals surface area contributed by atoms with Gasteiger partial charge < -0.3 is 10.8 Å². The Bertz CT molecular complexity index is 384. The van der Waals surface area contributed by atoms with E-state index in [9.17, 15) is 4.79 Å². The van der Waals surface area contributed by atoms with Crippen molar-refractivity contribution in [2.45, 2.75) is 19.3 Å². The predicted molar refractivity (Wildman–Crippen MR) is 50.8 cm³/mol. The Morgan fingerprint density at radius 1 is 1.71 bits per heavy atom. The SMILES string of the molecule is Cn1nc(N)c2c1CCC(C(=O)O)C2. The number of nitrogens with two attached hydrogens (primary N) is 1. The lowest BCUT2D eigenvalue weighted by atomic mass is 9.87. The van der Waals surface area contributed by atoms with E-state index < -0.39 is 5.97 Å². The smallest absolute Gasteiger partial charge is 0.306 e. The molecular weight excluding hydrogens is 182 g/mol. The molecule has 3 N–H and O–H groups in total. The van der Waals surface area contributed by atoms with E-state index in [2.05, 4.69) is 5.10 Å². The van der Waals surface area contributed by atoms with E-state index in [0.29, 0.717) is 18.7 Å². The van der Waals surface area contributed by atoms with Gasteiger partial charge in [-0.2, -0.15) is 5.10 Å². The first kappa shape index (κ1) is 9.05. The van der Waals surface area contributed by atoms with Gasteiger partial charge in [-0.15, -0.1) is 0 Å². The number of aryl methyl sites for hydroxylation is 1. The number of aliphatic carboxylic acids is 1. The van der Waals surface area contributed by atoms with E-state index in [-0.39, 0.29) is 5.92 Å². The molecule has 1 aliphatic rings. The highest BCUT2D eigenvalue weighted by Gasteiger charge is 2.28. The summed E-state index contributed by atoms with van der Waals surface area (Å²) in [5.74, 6) is -0.554. The molecule has 0 spiro atoms. The van der Waals surface area contributed by atoms with Crippen molar-refractivity contribution in [2.75, 3.05) is 5.73 Å². The van der Waals surface area contributed by atoms with Crippen molar-refractivity contribution in [1.29, 1.82) is 0 Å². The summed E-state index contributed by atoms with van der Waals surface area (Å²) >= 11 is 0.